The summed E-state index contributed by atoms with van der Waals surface area (Å²) in [7, 11) is 0. The van der Waals surface area contributed by atoms with Gasteiger partial charge in [-0.05, 0) is 82.9 Å². The van der Waals surface area contributed by atoms with Crippen LogP contribution in [0.1, 0.15) is 23.0 Å². The molecule has 4 nitrogen and oxygen atoms in total. The normalized spacial score (nSPS) is 11.6. The molecule has 1 atom stereocenters. The molecule has 0 saturated heterocycles. The average molecular weight is 522 g/mol. The number of rotatable bonds is 7. The fourth-order valence-electron chi connectivity index (χ4n) is 2.49. The van der Waals surface area contributed by atoms with Crippen molar-refractivity contribution >= 4 is 68.9 Å². The number of nitrogens with one attached hydrogen (secondary N) is 2. The van der Waals surface area contributed by atoms with Crippen LogP contribution in [0.3, 0.4) is 0 Å². The van der Waals surface area contributed by atoms with Crippen molar-refractivity contribution in [3.8, 4) is 0 Å². The highest BCUT2D eigenvalue weighted by atomic mass is 127. The summed E-state index contributed by atoms with van der Waals surface area (Å²) < 4.78 is 1.12. The number of hydrogen-bond donors (Lipinski definition) is 2. The van der Waals surface area contributed by atoms with Gasteiger partial charge in [-0.1, -0.05) is 19.1 Å². The largest absolute Gasteiger partial charge is 0.325 e. The van der Waals surface area contributed by atoms with Gasteiger partial charge in [0.05, 0.1) is 10.1 Å². The van der Waals surface area contributed by atoms with Crippen LogP contribution in [0.2, 0.25) is 0 Å². The molecule has 1 aromatic heterocycles. The number of halogens is 1. The summed E-state index contributed by atoms with van der Waals surface area (Å²) in [6.07, 6.45) is 0.701. The zero-order valence-corrected chi connectivity index (χ0v) is 18.9. The Morgan fingerprint density at radius 1 is 1.04 bits per heavy atom. The fraction of sp³-hybridized carbons (Fsp3) is 0.143. The van der Waals surface area contributed by atoms with Crippen LogP contribution < -0.4 is 10.6 Å². The lowest BCUT2D eigenvalue weighted by Gasteiger charge is -2.15. The van der Waals surface area contributed by atoms with Gasteiger partial charge in [0.2, 0.25) is 5.91 Å². The zero-order chi connectivity index (χ0) is 19.9. The van der Waals surface area contributed by atoms with Crippen LogP contribution in [-0.4, -0.2) is 17.1 Å². The van der Waals surface area contributed by atoms with Crippen LogP contribution in [0.25, 0.3) is 0 Å². The van der Waals surface area contributed by atoms with E-state index in [1.807, 2.05) is 66.9 Å². The summed E-state index contributed by atoms with van der Waals surface area (Å²) >= 11 is 5.13. The molecule has 7 heteroatoms. The minimum atomic E-state index is -0.220. The first-order valence-corrected chi connectivity index (χ1v) is 11.6. The van der Waals surface area contributed by atoms with E-state index in [1.165, 1.54) is 23.1 Å². The predicted octanol–water partition coefficient (Wildman–Crippen LogP) is 6.11. The van der Waals surface area contributed by atoms with E-state index in [9.17, 15) is 9.59 Å². The predicted molar refractivity (Wildman–Crippen MR) is 126 cm³/mol. The first-order valence-electron chi connectivity index (χ1n) is 8.73. The summed E-state index contributed by atoms with van der Waals surface area (Å²) in [4.78, 5) is 26.5. The minimum absolute atomic E-state index is 0.0262. The third-order valence-corrected chi connectivity index (χ3v) is 6.84. The Labute approximate surface area is 186 Å². The maximum Gasteiger partial charge on any atom is 0.265 e. The summed E-state index contributed by atoms with van der Waals surface area (Å²) in [5, 5.41) is 7.54. The third kappa shape index (κ3) is 5.83. The van der Waals surface area contributed by atoms with E-state index in [4.69, 9.17) is 0 Å². The zero-order valence-electron chi connectivity index (χ0n) is 15.1. The summed E-state index contributed by atoms with van der Waals surface area (Å²) in [5.74, 6) is -0.151. The maximum atomic E-state index is 12.6. The SMILES string of the molecule is CCC(Sc1cccc(NC(=O)c2cccs2)c1)C(=O)Nc1ccc(I)cc1. The second kappa shape index (κ2) is 10.1. The van der Waals surface area contributed by atoms with Crippen molar-refractivity contribution in [2.24, 2.45) is 0 Å². The van der Waals surface area contributed by atoms with Crippen molar-refractivity contribution in [2.45, 2.75) is 23.5 Å². The Morgan fingerprint density at radius 2 is 1.82 bits per heavy atom. The van der Waals surface area contributed by atoms with E-state index >= 15 is 0 Å². The Balaban J connectivity index is 1.64. The van der Waals surface area contributed by atoms with Crippen molar-refractivity contribution in [3.63, 3.8) is 0 Å². The molecular formula is C21H19IN2O2S2. The van der Waals surface area contributed by atoms with Crippen LogP contribution in [-0.2, 0) is 4.79 Å². The van der Waals surface area contributed by atoms with Gasteiger partial charge in [0.1, 0.15) is 0 Å². The molecule has 2 N–H and O–H groups in total. The molecule has 0 saturated carbocycles. The molecular weight excluding hydrogens is 503 g/mol. The Kier molecular flexibility index (Phi) is 7.52. The highest BCUT2D eigenvalue weighted by Gasteiger charge is 2.18. The molecule has 0 aliphatic heterocycles. The minimum Gasteiger partial charge on any atom is -0.325 e. The molecule has 2 amide bonds. The number of carbonyl (C=O) groups excluding carboxylic acids is 2. The second-order valence-corrected chi connectivity index (χ2v) is 9.44. The Bertz CT molecular complexity index is 943. The van der Waals surface area contributed by atoms with E-state index in [0.717, 1.165) is 19.8 Å². The number of hydrogen-bond acceptors (Lipinski definition) is 4. The van der Waals surface area contributed by atoms with E-state index in [1.54, 1.807) is 6.07 Å². The van der Waals surface area contributed by atoms with Gasteiger partial charge in [0, 0.05) is 19.8 Å². The second-order valence-electron chi connectivity index (χ2n) is 5.97. The molecule has 0 radical (unpaired) electrons. The van der Waals surface area contributed by atoms with Crippen molar-refractivity contribution < 1.29 is 9.59 Å². The number of carbonyl (C=O) groups is 2. The van der Waals surface area contributed by atoms with Gasteiger partial charge in [-0.25, -0.2) is 0 Å². The standard InChI is InChI=1S/C21H19IN2O2S2/c1-2-18(20(25)23-15-10-8-14(22)9-11-15)28-17-6-3-5-16(13-17)24-21(26)19-7-4-12-27-19/h3-13,18H,2H2,1H3,(H,23,25)(H,24,26). The smallest absolute Gasteiger partial charge is 0.265 e. The lowest BCUT2D eigenvalue weighted by atomic mass is 10.3. The van der Waals surface area contributed by atoms with E-state index < -0.39 is 0 Å². The molecule has 3 rings (SSSR count). The molecule has 0 aliphatic carbocycles. The quantitative estimate of drug-likeness (QED) is 0.291. The van der Waals surface area contributed by atoms with Crippen molar-refractivity contribution in [1.29, 1.82) is 0 Å². The maximum absolute atomic E-state index is 12.6. The van der Waals surface area contributed by atoms with Gasteiger partial charge in [-0.15, -0.1) is 23.1 Å². The molecule has 3 aromatic rings. The molecule has 1 heterocycles. The molecule has 2 aromatic carbocycles. The van der Waals surface area contributed by atoms with Crippen molar-refractivity contribution in [1.82, 2.24) is 0 Å². The number of benzene rings is 2. The number of amides is 2. The number of thioether (sulfide) groups is 1. The van der Waals surface area contributed by atoms with Gasteiger partial charge < -0.3 is 10.6 Å². The highest BCUT2D eigenvalue weighted by molar-refractivity contribution is 14.1. The Morgan fingerprint density at radius 3 is 2.50 bits per heavy atom. The van der Waals surface area contributed by atoms with Crippen molar-refractivity contribution in [2.75, 3.05) is 10.6 Å². The molecule has 144 valence electrons. The van der Waals surface area contributed by atoms with Crippen LogP contribution in [0.4, 0.5) is 11.4 Å². The molecule has 1 unspecified atom stereocenters. The molecule has 28 heavy (non-hydrogen) atoms. The molecule has 0 bridgehead atoms. The van der Waals surface area contributed by atoms with E-state index in [0.29, 0.717) is 11.3 Å². The number of thiophene rings is 1. The van der Waals surface area contributed by atoms with E-state index in [-0.39, 0.29) is 17.1 Å². The van der Waals surface area contributed by atoms with Crippen LogP contribution in [0, 0.1) is 3.57 Å². The van der Waals surface area contributed by atoms with Crippen molar-refractivity contribution in [3.05, 3.63) is 74.5 Å². The first kappa shape index (κ1) is 20.9. The van der Waals surface area contributed by atoms with Crippen LogP contribution >= 0.6 is 45.7 Å². The monoisotopic (exact) mass is 522 g/mol. The van der Waals surface area contributed by atoms with Gasteiger partial charge in [0.25, 0.3) is 5.91 Å². The van der Waals surface area contributed by atoms with Gasteiger partial charge in [-0.3, -0.25) is 9.59 Å². The molecule has 0 aliphatic rings. The van der Waals surface area contributed by atoms with Crippen LogP contribution in [0.15, 0.2) is 70.9 Å². The average Bonchev–Trinajstić information content (AvgIpc) is 3.23. The summed E-state index contributed by atoms with van der Waals surface area (Å²) in [5.41, 5.74) is 1.51. The number of anilines is 2. The van der Waals surface area contributed by atoms with Gasteiger partial charge in [0.15, 0.2) is 0 Å². The summed E-state index contributed by atoms with van der Waals surface area (Å²) in [6, 6.07) is 19.0. The van der Waals surface area contributed by atoms with Gasteiger partial charge in [-0.2, -0.15) is 0 Å². The lowest BCUT2D eigenvalue weighted by molar-refractivity contribution is -0.115. The topological polar surface area (TPSA) is 58.2 Å². The molecule has 0 fully saturated rings. The lowest BCUT2D eigenvalue weighted by Crippen LogP contribution is -2.24. The summed E-state index contributed by atoms with van der Waals surface area (Å²) in [6.45, 7) is 1.99. The van der Waals surface area contributed by atoms with Gasteiger partial charge >= 0.3 is 0 Å². The van der Waals surface area contributed by atoms with E-state index in [2.05, 4.69) is 33.2 Å². The first-order chi connectivity index (χ1) is 13.5. The molecule has 0 spiro atoms. The van der Waals surface area contributed by atoms with Crippen LogP contribution in [0.5, 0.6) is 0 Å². The highest BCUT2D eigenvalue weighted by Crippen LogP contribution is 2.29. The third-order valence-electron chi connectivity index (χ3n) is 3.89. The fourth-order valence-corrected chi connectivity index (χ4v) is 4.48. The Hall–Kier alpha value is -1.84.